The Morgan fingerprint density at radius 1 is 1.12 bits per heavy atom. The van der Waals surface area contributed by atoms with Crippen molar-refractivity contribution in [3.8, 4) is 0 Å². The van der Waals surface area contributed by atoms with Gasteiger partial charge in [0.25, 0.3) is 5.91 Å². The molecule has 3 nitrogen and oxygen atoms in total. The lowest BCUT2D eigenvalue weighted by Gasteiger charge is -2.28. The number of nitrogens with one attached hydrogen (secondary N) is 1. The zero-order chi connectivity index (χ0) is 16.9. The van der Waals surface area contributed by atoms with E-state index in [1.807, 2.05) is 18.2 Å². The molecular formula is C19H20ClFN2O. The molecule has 0 aromatic heterocycles. The Morgan fingerprint density at radius 3 is 2.50 bits per heavy atom. The predicted octanol–water partition coefficient (Wildman–Crippen LogP) is 4.05. The molecule has 24 heavy (non-hydrogen) atoms. The van der Waals surface area contributed by atoms with Gasteiger partial charge in [-0.3, -0.25) is 9.69 Å². The zero-order valence-corrected chi connectivity index (χ0v) is 14.1. The first kappa shape index (κ1) is 16.9. The zero-order valence-electron chi connectivity index (χ0n) is 13.3. The highest BCUT2D eigenvalue weighted by Gasteiger charge is 2.25. The second-order valence-corrected chi connectivity index (χ2v) is 6.38. The molecule has 3 rings (SSSR count). The number of hydrogen-bond donors (Lipinski definition) is 1. The highest BCUT2D eigenvalue weighted by Crippen LogP contribution is 2.25. The van der Waals surface area contributed by atoms with Crippen LogP contribution in [0.4, 0.5) is 4.39 Å². The van der Waals surface area contributed by atoms with Gasteiger partial charge in [0.1, 0.15) is 5.82 Å². The molecule has 1 N–H and O–H groups in total. The van der Waals surface area contributed by atoms with E-state index >= 15 is 0 Å². The van der Waals surface area contributed by atoms with Crippen LogP contribution in [0.1, 0.15) is 34.8 Å². The minimum atomic E-state index is -0.600. The van der Waals surface area contributed by atoms with Crippen molar-refractivity contribution < 1.29 is 9.18 Å². The van der Waals surface area contributed by atoms with Gasteiger partial charge in [0, 0.05) is 6.54 Å². The van der Waals surface area contributed by atoms with E-state index in [1.165, 1.54) is 18.2 Å². The monoisotopic (exact) mass is 346 g/mol. The molecule has 1 aliphatic rings. The SMILES string of the molecule is O=C(NCC(c1ccccc1)N1CCCC1)c1c(F)cccc1Cl. The molecule has 1 amide bonds. The summed E-state index contributed by atoms with van der Waals surface area (Å²) in [5.74, 6) is -1.07. The number of benzene rings is 2. The Bertz CT molecular complexity index is 682. The molecule has 1 fully saturated rings. The summed E-state index contributed by atoms with van der Waals surface area (Å²) < 4.78 is 13.9. The summed E-state index contributed by atoms with van der Waals surface area (Å²) in [6.07, 6.45) is 2.33. The summed E-state index contributed by atoms with van der Waals surface area (Å²) in [5.41, 5.74) is 1.06. The van der Waals surface area contributed by atoms with Gasteiger partial charge >= 0.3 is 0 Å². The van der Waals surface area contributed by atoms with Crippen LogP contribution in [0, 0.1) is 5.82 Å². The molecule has 1 atom stereocenters. The minimum Gasteiger partial charge on any atom is -0.350 e. The van der Waals surface area contributed by atoms with Gasteiger partial charge in [-0.05, 0) is 43.6 Å². The van der Waals surface area contributed by atoms with Crippen LogP contribution < -0.4 is 5.32 Å². The molecule has 0 aliphatic carbocycles. The fourth-order valence-corrected chi connectivity index (χ4v) is 3.43. The standard InChI is InChI=1S/C19H20ClFN2O/c20-15-9-6-10-16(21)18(15)19(24)22-13-17(23-11-4-5-12-23)14-7-2-1-3-8-14/h1-3,6-10,17H,4-5,11-13H2,(H,22,24). The number of halogens is 2. The molecule has 0 spiro atoms. The quantitative estimate of drug-likeness (QED) is 0.886. The summed E-state index contributed by atoms with van der Waals surface area (Å²) in [5, 5.41) is 2.98. The van der Waals surface area contributed by atoms with Crippen molar-refractivity contribution in [3.05, 3.63) is 70.5 Å². The normalized spacial score (nSPS) is 16.1. The third-order valence-corrected chi connectivity index (χ3v) is 4.73. The maximum atomic E-state index is 13.9. The van der Waals surface area contributed by atoms with E-state index in [0.29, 0.717) is 6.54 Å². The van der Waals surface area contributed by atoms with Crippen LogP contribution in [0.2, 0.25) is 5.02 Å². The van der Waals surface area contributed by atoms with Crippen LogP contribution in [0.25, 0.3) is 0 Å². The summed E-state index contributed by atoms with van der Waals surface area (Å²) in [6.45, 7) is 2.44. The van der Waals surface area contributed by atoms with Crippen molar-refractivity contribution in [1.82, 2.24) is 10.2 Å². The highest BCUT2D eigenvalue weighted by molar-refractivity contribution is 6.33. The van der Waals surface area contributed by atoms with E-state index in [1.54, 1.807) is 0 Å². The van der Waals surface area contributed by atoms with E-state index in [9.17, 15) is 9.18 Å². The molecular weight excluding hydrogens is 327 g/mol. The van der Waals surface area contributed by atoms with Crippen molar-refractivity contribution in [2.24, 2.45) is 0 Å². The lowest BCUT2D eigenvalue weighted by Crippen LogP contribution is -2.37. The summed E-state index contributed by atoms with van der Waals surface area (Å²) in [7, 11) is 0. The maximum Gasteiger partial charge on any atom is 0.255 e. The topological polar surface area (TPSA) is 32.3 Å². The Kier molecular flexibility index (Phi) is 5.48. The van der Waals surface area contributed by atoms with E-state index in [2.05, 4.69) is 22.3 Å². The van der Waals surface area contributed by atoms with Crippen molar-refractivity contribution in [3.63, 3.8) is 0 Å². The first-order valence-corrected chi connectivity index (χ1v) is 8.56. The first-order chi connectivity index (χ1) is 11.7. The van der Waals surface area contributed by atoms with E-state index in [4.69, 9.17) is 11.6 Å². The number of likely N-dealkylation sites (tertiary alicyclic amines) is 1. The van der Waals surface area contributed by atoms with Crippen LogP contribution in [0.15, 0.2) is 48.5 Å². The van der Waals surface area contributed by atoms with Crippen LogP contribution in [-0.2, 0) is 0 Å². The molecule has 5 heteroatoms. The summed E-state index contributed by atoms with van der Waals surface area (Å²) in [6, 6.07) is 14.4. The van der Waals surface area contributed by atoms with Gasteiger partial charge in [0.2, 0.25) is 0 Å². The smallest absolute Gasteiger partial charge is 0.255 e. The van der Waals surface area contributed by atoms with Gasteiger partial charge in [0.05, 0.1) is 16.6 Å². The average Bonchev–Trinajstić information content (AvgIpc) is 3.10. The lowest BCUT2D eigenvalue weighted by molar-refractivity contribution is 0.0934. The second kappa shape index (κ2) is 7.77. The van der Waals surface area contributed by atoms with Gasteiger partial charge in [-0.25, -0.2) is 4.39 Å². The van der Waals surface area contributed by atoms with Crippen molar-refractivity contribution in [1.29, 1.82) is 0 Å². The molecule has 1 saturated heterocycles. The Hall–Kier alpha value is -1.91. The Morgan fingerprint density at radius 2 is 1.83 bits per heavy atom. The number of amides is 1. The van der Waals surface area contributed by atoms with E-state index in [-0.39, 0.29) is 16.6 Å². The second-order valence-electron chi connectivity index (χ2n) is 5.98. The Balaban J connectivity index is 1.75. The largest absolute Gasteiger partial charge is 0.350 e. The van der Waals surface area contributed by atoms with Gasteiger partial charge in [-0.2, -0.15) is 0 Å². The Labute approximate surface area is 146 Å². The molecule has 1 unspecified atom stereocenters. The maximum absolute atomic E-state index is 13.9. The highest BCUT2D eigenvalue weighted by atomic mass is 35.5. The first-order valence-electron chi connectivity index (χ1n) is 8.18. The third-order valence-electron chi connectivity index (χ3n) is 4.41. The molecule has 2 aromatic carbocycles. The fraction of sp³-hybridized carbons (Fsp3) is 0.316. The minimum absolute atomic E-state index is 0.0863. The van der Waals surface area contributed by atoms with Crippen molar-refractivity contribution >= 4 is 17.5 Å². The van der Waals surface area contributed by atoms with Gasteiger partial charge in [0.15, 0.2) is 0 Å². The molecule has 126 valence electrons. The van der Waals surface area contributed by atoms with Crippen LogP contribution in [0.5, 0.6) is 0 Å². The molecule has 1 heterocycles. The summed E-state index contributed by atoms with van der Waals surface area (Å²) in [4.78, 5) is 14.7. The van der Waals surface area contributed by atoms with Gasteiger partial charge in [-0.1, -0.05) is 48.0 Å². The van der Waals surface area contributed by atoms with Crippen LogP contribution >= 0.6 is 11.6 Å². The molecule has 0 saturated carbocycles. The lowest BCUT2D eigenvalue weighted by atomic mass is 10.1. The average molecular weight is 347 g/mol. The number of rotatable bonds is 5. The summed E-state index contributed by atoms with van der Waals surface area (Å²) >= 11 is 5.97. The van der Waals surface area contributed by atoms with Crippen molar-refractivity contribution in [2.45, 2.75) is 18.9 Å². The molecule has 1 aliphatic heterocycles. The van der Waals surface area contributed by atoms with Crippen molar-refractivity contribution in [2.75, 3.05) is 19.6 Å². The van der Waals surface area contributed by atoms with Gasteiger partial charge < -0.3 is 5.32 Å². The van der Waals surface area contributed by atoms with Crippen LogP contribution in [-0.4, -0.2) is 30.4 Å². The van der Waals surface area contributed by atoms with E-state index in [0.717, 1.165) is 31.5 Å². The van der Waals surface area contributed by atoms with Gasteiger partial charge in [-0.15, -0.1) is 0 Å². The molecule has 0 radical (unpaired) electrons. The van der Waals surface area contributed by atoms with E-state index < -0.39 is 11.7 Å². The number of carbonyl (C=O) groups excluding carboxylic acids is 1. The fourth-order valence-electron chi connectivity index (χ4n) is 3.18. The molecule has 0 bridgehead atoms. The predicted molar refractivity (Wildman–Crippen MR) is 93.7 cm³/mol. The number of nitrogens with zero attached hydrogens (tertiary/aromatic N) is 1. The number of hydrogen-bond acceptors (Lipinski definition) is 2. The number of carbonyl (C=O) groups is 1. The van der Waals surface area contributed by atoms with Crippen LogP contribution in [0.3, 0.4) is 0 Å². The third kappa shape index (κ3) is 3.77. The molecule has 2 aromatic rings.